The molecule has 2 aromatic carbocycles. The number of carbonyl (C=O) groups is 1. The molecule has 0 saturated carbocycles. The molecule has 1 N–H and O–H groups in total. The van der Waals surface area contributed by atoms with Gasteiger partial charge in [0.15, 0.2) is 0 Å². The second-order valence-corrected chi connectivity index (χ2v) is 7.41. The minimum absolute atomic E-state index is 0.00813. The summed E-state index contributed by atoms with van der Waals surface area (Å²) in [5.74, 6) is -0.301. The van der Waals surface area contributed by atoms with E-state index >= 15 is 0 Å². The van der Waals surface area contributed by atoms with Gasteiger partial charge in [-0.25, -0.2) is 8.42 Å². The van der Waals surface area contributed by atoms with Gasteiger partial charge < -0.3 is 5.32 Å². The molecule has 7 heteroatoms. The van der Waals surface area contributed by atoms with Crippen LogP contribution < -0.4 is 5.32 Å². The summed E-state index contributed by atoms with van der Waals surface area (Å²) in [6.45, 7) is 0.517. The van der Waals surface area contributed by atoms with Crippen molar-refractivity contribution in [1.29, 1.82) is 0 Å². The maximum absolute atomic E-state index is 12.2. The molecule has 0 aliphatic heterocycles. The second-order valence-electron chi connectivity index (χ2n) is 5.47. The van der Waals surface area contributed by atoms with Gasteiger partial charge in [0.1, 0.15) is 0 Å². The number of rotatable bonds is 8. The van der Waals surface area contributed by atoms with Crippen molar-refractivity contribution in [3.05, 3.63) is 65.7 Å². The van der Waals surface area contributed by atoms with Gasteiger partial charge in [-0.2, -0.15) is 0 Å². The highest BCUT2D eigenvalue weighted by Gasteiger charge is 2.21. The van der Waals surface area contributed by atoms with Crippen LogP contribution in [0.3, 0.4) is 0 Å². The lowest BCUT2D eigenvalue weighted by atomic mass is 10.1. The van der Waals surface area contributed by atoms with Gasteiger partial charge in [0.2, 0.25) is 0 Å². The average molecular weight is 362 g/mol. The molecule has 0 fully saturated rings. The van der Waals surface area contributed by atoms with Crippen LogP contribution in [0, 0.1) is 0 Å². The largest absolute Gasteiger partial charge is 0.352 e. The first-order valence-electron chi connectivity index (χ1n) is 7.90. The third-order valence-corrected chi connectivity index (χ3v) is 5.44. The van der Waals surface area contributed by atoms with E-state index in [4.69, 9.17) is 4.84 Å². The zero-order valence-electron chi connectivity index (χ0n) is 14.3. The van der Waals surface area contributed by atoms with Crippen molar-refractivity contribution in [2.75, 3.05) is 20.7 Å². The number of aryl methyl sites for hydroxylation is 1. The van der Waals surface area contributed by atoms with Crippen LogP contribution in [-0.4, -0.2) is 39.5 Å². The molecule has 0 spiro atoms. The van der Waals surface area contributed by atoms with Crippen LogP contribution in [0.2, 0.25) is 0 Å². The van der Waals surface area contributed by atoms with Gasteiger partial charge in [0.25, 0.3) is 15.9 Å². The fourth-order valence-corrected chi connectivity index (χ4v) is 3.31. The van der Waals surface area contributed by atoms with Gasteiger partial charge in [0, 0.05) is 19.2 Å². The molecule has 0 bridgehead atoms. The molecule has 1 amide bonds. The van der Waals surface area contributed by atoms with Crippen molar-refractivity contribution in [1.82, 2.24) is 9.79 Å². The number of carbonyl (C=O) groups excluding carboxylic acids is 1. The van der Waals surface area contributed by atoms with Crippen LogP contribution in [0.15, 0.2) is 59.5 Å². The van der Waals surface area contributed by atoms with Crippen LogP contribution >= 0.6 is 0 Å². The monoisotopic (exact) mass is 362 g/mol. The number of hydrogen-bond donors (Lipinski definition) is 1. The minimum Gasteiger partial charge on any atom is -0.352 e. The van der Waals surface area contributed by atoms with Crippen molar-refractivity contribution >= 4 is 15.9 Å². The minimum atomic E-state index is -3.78. The second kappa shape index (κ2) is 8.75. The van der Waals surface area contributed by atoms with E-state index < -0.39 is 10.0 Å². The van der Waals surface area contributed by atoms with Crippen molar-refractivity contribution in [3.63, 3.8) is 0 Å². The number of hydroxylamine groups is 1. The lowest BCUT2D eigenvalue weighted by molar-refractivity contribution is -0.0258. The molecule has 25 heavy (non-hydrogen) atoms. The molecule has 0 aliphatic carbocycles. The van der Waals surface area contributed by atoms with E-state index in [1.54, 1.807) is 6.07 Å². The zero-order valence-corrected chi connectivity index (χ0v) is 15.1. The van der Waals surface area contributed by atoms with Crippen LogP contribution in [-0.2, 0) is 21.3 Å². The molecular weight excluding hydrogens is 340 g/mol. The smallest absolute Gasteiger partial charge is 0.264 e. The van der Waals surface area contributed by atoms with Crippen LogP contribution in [0.25, 0.3) is 0 Å². The first kappa shape index (κ1) is 19.1. The molecule has 6 nitrogen and oxygen atoms in total. The number of benzene rings is 2. The standard InChI is InChI=1S/C18H22N2O4S/c1-20(24-2)25(22,23)17-12-6-11-16(14-17)18(21)19-13-7-10-15-8-4-3-5-9-15/h3-6,8-9,11-12,14H,7,10,13H2,1-2H3,(H,19,21). The molecule has 0 saturated heterocycles. The Morgan fingerprint density at radius 1 is 1.12 bits per heavy atom. The summed E-state index contributed by atoms with van der Waals surface area (Å²) in [7, 11) is -1.21. The quantitative estimate of drug-likeness (QED) is 0.577. The van der Waals surface area contributed by atoms with Gasteiger partial charge >= 0.3 is 0 Å². The summed E-state index contributed by atoms with van der Waals surface area (Å²) >= 11 is 0. The maximum atomic E-state index is 12.2. The van der Waals surface area contributed by atoms with Crippen molar-refractivity contribution in [3.8, 4) is 0 Å². The van der Waals surface area contributed by atoms with Gasteiger partial charge in [-0.1, -0.05) is 40.9 Å². The van der Waals surface area contributed by atoms with E-state index in [1.165, 1.54) is 37.9 Å². The van der Waals surface area contributed by atoms with Crippen molar-refractivity contribution in [2.24, 2.45) is 0 Å². The average Bonchev–Trinajstić information content (AvgIpc) is 2.65. The van der Waals surface area contributed by atoms with E-state index in [9.17, 15) is 13.2 Å². The molecule has 2 aromatic rings. The van der Waals surface area contributed by atoms with E-state index in [-0.39, 0.29) is 10.8 Å². The van der Waals surface area contributed by atoms with E-state index in [2.05, 4.69) is 5.32 Å². The normalized spacial score (nSPS) is 11.5. The van der Waals surface area contributed by atoms with E-state index in [0.717, 1.165) is 17.3 Å². The third-order valence-electron chi connectivity index (χ3n) is 3.76. The Kier molecular flexibility index (Phi) is 6.69. The summed E-state index contributed by atoms with van der Waals surface area (Å²) < 4.78 is 25.2. The number of hydrogen-bond acceptors (Lipinski definition) is 4. The summed E-state index contributed by atoms with van der Waals surface area (Å²) in [6.07, 6.45) is 1.67. The lowest BCUT2D eigenvalue weighted by Crippen LogP contribution is -2.27. The van der Waals surface area contributed by atoms with Gasteiger partial charge in [-0.15, -0.1) is 0 Å². The summed E-state index contributed by atoms with van der Waals surface area (Å²) in [4.78, 5) is 17.0. The predicted molar refractivity (Wildman–Crippen MR) is 95.5 cm³/mol. The summed E-state index contributed by atoms with van der Waals surface area (Å²) in [5, 5.41) is 2.81. The molecule has 0 aromatic heterocycles. The number of sulfonamides is 1. The summed E-state index contributed by atoms with van der Waals surface area (Å²) in [5.41, 5.74) is 1.51. The van der Waals surface area contributed by atoms with Gasteiger partial charge in [0.05, 0.1) is 12.0 Å². The van der Waals surface area contributed by atoms with Crippen molar-refractivity contribution < 1.29 is 18.0 Å². The van der Waals surface area contributed by atoms with Gasteiger partial charge in [-0.3, -0.25) is 9.63 Å². The van der Waals surface area contributed by atoms with Gasteiger partial charge in [-0.05, 0) is 36.6 Å². The Hall–Kier alpha value is -2.22. The molecule has 2 rings (SSSR count). The lowest BCUT2D eigenvalue weighted by Gasteiger charge is -2.14. The number of nitrogens with one attached hydrogen (secondary N) is 1. The molecule has 134 valence electrons. The highest BCUT2D eigenvalue weighted by Crippen LogP contribution is 2.16. The fraction of sp³-hybridized carbons (Fsp3) is 0.278. The highest BCUT2D eigenvalue weighted by molar-refractivity contribution is 7.89. The van der Waals surface area contributed by atoms with E-state index in [0.29, 0.717) is 12.1 Å². The first-order chi connectivity index (χ1) is 11.9. The highest BCUT2D eigenvalue weighted by atomic mass is 32.2. The molecule has 0 radical (unpaired) electrons. The molecule has 0 atom stereocenters. The first-order valence-corrected chi connectivity index (χ1v) is 9.34. The molecular formula is C18H22N2O4S. The Labute approximate surface area is 148 Å². The molecule has 0 unspecified atom stereocenters. The maximum Gasteiger partial charge on any atom is 0.264 e. The number of amides is 1. The Morgan fingerprint density at radius 2 is 1.84 bits per heavy atom. The molecule has 0 aliphatic rings. The topological polar surface area (TPSA) is 75.7 Å². The van der Waals surface area contributed by atoms with Crippen LogP contribution in [0.1, 0.15) is 22.3 Å². The predicted octanol–water partition coefficient (Wildman–Crippen LogP) is 2.23. The third kappa shape index (κ3) is 5.12. The Balaban J connectivity index is 1.95. The Bertz CT molecular complexity index is 807. The van der Waals surface area contributed by atoms with E-state index in [1.807, 2.05) is 30.3 Å². The van der Waals surface area contributed by atoms with Crippen LogP contribution in [0.5, 0.6) is 0 Å². The Morgan fingerprint density at radius 3 is 2.52 bits per heavy atom. The zero-order chi connectivity index (χ0) is 18.3. The number of nitrogens with zero attached hydrogens (tertiary/aromatic N) is 1. The fourth-order valence-electron chi connectivity index (χ4n) is 2.29. The summed E-state index contributed by atoms with van der Waals surface area (Å²) in [6, 6.07) is 15.9. The van der Waals surface area contributed by atoms with Crippen molar-refractivity contribution in [2.45, 2.75) is 17.7 Å². The van der Waals surface area contributed by atoms with Crippen LogP contribution in [0.4, 0.5) is 0 Å². The molecule has 0 heterocycles. The SMILES string of the molecule is CON(C)S(=O)(=O)c1cccc(C(=O)NCCCc2ccccc2)c1.